The predicted molar refractivity (Wildman–Crippen MR) is 96.2 cm³/mol. The number of hydrogen-bond acceptors (Lipinski definition) is 7. The van der Waals surface area contributed by atoms with Crippen LogP contribution in [0.5, 0.6) is 5.75 Å². The van der Waals surface area contributed by atoms with E-state index in [4.69, 9.17) is 16.3 Å². The van der Waals surface area contributed by atoms with Crippen LogP contribution >= 0.6 is 11.6 Å². The zero-order valence-corrected chi connectivity index (χ0v) is 15.7. The number of nitro groups is 1. The van der Waals surface area contributed by atoms with Crippen molar-refractivity contribution in [3.63, 3.8) is 0 Å². The lowest BCUT2D eigenvalue weighted by Gasteiger charge is -2.21. The fraction of sp³-hybridized carbons (Fsp3) is 0.125. The Bertz CT molecular complexity index is 1020. The average molecular weight is 413 g/mol. The molecule has 142 valence electrons. The maximum atomic E-state index is 12.8. The Morgan fingerprint density at radius 3 is 2.15 bits per heavy atom. The number of rotatable bonds is 5. The van der Waals surface area contributed by atoms with Gasteiger partial charge in [-0.05, 0) is 30.3 Å². The number of amides is 1. The molecule has 0 bridgehead atoms. The summed E-state index contributed by atoms with van der Waals surface area (Å²) in [6, 6.07) is 7.74. The number of non-ortho nitro benzene ring substituents is 1. The van der Waals surface area contributed by atoms with Crippen molar-refractivity contribution in [2.75, 3.05) is 4.31 Å². The van der Waals surface area contributed by atoms with E-state index in [0.29, 0.717) is 4.31 Å². The molecule has 2 aromatic carbocycles. The summed E-state index contributed by atoms with van der Waals surface area (Å²) < 4.78 is 31.0. The second-order valence-electron chi connectivity index (χ2n) is 5.25. The van der Waals surface area contributed by atoms with E-state index in [1.165, 1.54) is 19.1 Å². The molecule has 0 heterocycles. The normalized spacial score (nSPS) is 10.9. The molecule has 2 rings (SSSR count). The molecular weight excluding hydrogens is 400 g/mol. The summed E-state index contributed by atoms with van der Waals surface area (Å²) in [6.45, 7) is 2.21. The van der Waals surface area contributed by atoms with E-state index in [1.54, 1.807) is 0 Å². The Labute approximate surface area is 159 Å². The molecule has 0 spiro atoms. The molecule has 0 N–H and O–H groups in total. The number of sulfonamides is 1. The summed E-state index contributed by atoms with van der Waals surface area (Å²) in [5, 5.41) is 10.6. The van der Waals surface area contributed by atoms with Gasteiger partial charge in [0.15, 0.2) is 0 Å². The molecule has 0 unspecified atom stereocenters. The number of anilines is 1. The number of nitrogens with zero attached hydrogens (tertiary/aromatic N) is 2. The first kappa shape index (κ1) is 20.3. The van der Waals surface area contributed by atoms with Gasteiger partial charge in [0.2, 0.25) is 5.91 Å². The molecule has 0 aliphatic rings. The summed E-state index contributed by atoms with van der Waals surface area (Å²) in [5.41, 5.74) is -0.376. The third kappa shape index (κ3) is 4.41. The number of esters is 1. The maximum Gasteiger partial charge on any atom is 0.308 e. The van der Waals surface area contributed by atoms with E-state index in [1.807, 2.05) is 0 Å². The molecule has 0 saturated heterocycles. The fourth-order valence-corrected chi connectivity index (χ4v) is 3.82. The number of carbonyl (C=O) groups excluding carboxylic acids is 2. The summed E-state index contributed by atoms with van der Waals surface area (Å²) in [7, 11) is -4.35. The molecule has 11 heteroatoms. The van der Waals surface area contributed by atoms with Gasteiger partial charge in [0.1, 0.15) is 5.75 Å². The van der Waals surface area contributed by atoms with E-state index in [2.05, 4.69) is 0 Å². The average Bonchev–Trinajstić information content (AvgIpc) is 2.56. The number of nitro benzene ring substituents is 1. The molecule has 2 aromatic rings. The minimum Gasteiger partial charge on any atom is -0.425 e. The van der Waals surface area contributed by atoms with Crippen molar-refractivity contribution in [3.05, 3.63) is 57.6 Å². The fourth-order valence-electron chi connectivity index (χ4n) is 2.19. The highest BCUT2D eigenvalue weighted by atomic mass is 35.5. The van der Waals surface area contributed by atoms with Gasteiger partial charge in [-0.15, -0.1) is 0 Å². The monoisotopic (exact) mass is 412 g/mol. The summed E-state index contributed by atoms with van der Waals surface area (Å²) >= 11 is 5.99. The minimum absolute atomic E-state index is 0.00384. The third-order valence-electron chi connectivity index (χ3n) is 3.28. The maximum absolute atomic E-state index is 12.8. The first-order chi connectivity index (χ1) is 12.5. The van der Waals surface area contributed by atoms with Crippen molar-refractivity contribution >= 4 is 44.9 Å². The van der Waals surface area contributed by atoms with Crippen LogP contribution in [0.1, 0.15) is 13.8 Å². The van der Waals surface area contributed by atoms with Gasteiger partial charge in [-0.25, -0.2) is 12.7 Å². The van der Waals surface area contributed by atoms with Crippen LogP contribution in [0.25, 0.3) is 0 Å². The molecule has 9 nitrogen and oxygen atoms in total. The van der Waals surface area contributed by atoms with Crippen LogP contribution in [-0.4, -0.2) is 25.2 Å². The van der Waals surface area contributed by atoms with Gasteiger partial charge < -0.3 is 4.74 Å². The molecule has 0 aliphatic carbocycles. The van der Waals surface area contributed by atoms with Crippen LogP contribution in [0.3, 0.4) is 0 Å². The van der Waals surface area contributed by atoms with E-state index >= 15 is 0 Å². The van der Waals surface area contributed by atoms with Crippen LogP contribution in [-0.2, 0) is 19.6 Å². The highest BCUT2D eigenvalue weighted by molar-refractivity contribution is 7.93. The van der Waals surface area contributed by atoms with E-state index in [-0.39, 0.29) is 27.0 Å². The Kier molecular flexibility index (Phi) is 5.82. The lowest BCUT2D eigenvalue weighted by molar-refractivity contribution is -0.384. The molecule has 0 aliphatic heterocycles. The lowest BCUT2D eigenvalue weighted by atomic mass is 10.3. The highest BCUT2D eigenvalue weighted by Gasteiger charge is 2.29. The van der Waals surface area contributed by atoms with Crippen LogP contribution in [0.2, 0.25) is 5.02 Å². The molecular formula is C16H13ClN2O7S. The van der Waals surface area contributed by atoms with E-state index in [9.17, 15) is 28.1 Å². The molecule has 27 heavy (non-hydrogen) atoms. The number of carbonyl (C=O) groups is 2. The quantitative estimate of drug-likeness (QED) is 0.320. The summed E-state index contributed by atoms with van der Waals surface area (Å²) in [6.07, 6.45) is 0. The predicted octanol–water partition coefficient (Wildman–Crippen LogP) is 2.92. The van der Waals surface area contributed by atoms with Crippen LogP contribution in [0, 0.1) is 10.1 Å². The first-order valence-electron chi connectivity index (χ1n) is 7.32. The Morgan fingerprint density at radius 1 is 1.11 bits per heavy atom. The molecule has 0 radical (unpaired) electrons. The largest absolute Gasteiger partial charge is 0.425 e. The molecule has 1 amide bonds. The van der Waals surface area contributed by atoms with E-state index < -0.39 is 26.8 Å². The zero-order valence-electron chi connectivity index (χ0n) is 14.1. The smallest absolute Gasteiger partial charge is 0.308 e. The Balaban J connectivity index is 2.50. The van der Waals surface area contributed by atoms with Crippen molar-refractivity contribution in [2.24, 2.45) is 0 Å². The first-order valence-corrected chi connectivity index (χ1v) is 9.14. The van der Waals surface area contributed by atoms with Gasteiger partial charge in [0.25, 0.3) is 15.7 Å². The van der Waals surface area contributed by atoms with Crippen LogP contribution in [0.4, 0.5) is 11.4 Å². The van der Waals surface area contributed by atoms with Gasteiger partial charge in [-0.2, -0.15) is 0 Å². The minimum atomic E-state index is -4.35. The van der Waals surface area contributed by atoms with E-state index in [0.717, 1.165) is 37.3 Å². The van der Waals surface area contributed by atoms with Crippen molar-refractivity contribution in [2.45, 2.75) is 18.7 Å². The van der Waals surface area contributed by atoms with Crippen LogP contribution in [0.15, 0.2) is 47.4 Å². The SMILES string of the molecule is CC(=O)Oc1ccc(N(C(C)=O)S(=O)(=O)c2ccc([N+](=O)[O-])cc2)cc1Cl. The summed E-state index contributed by atoms with van der Waals surface area (Å²) in [5.74, 6) is -1.44. The van der Waals surface area contributed by atoms with Gasteiger partial charge in [0.05, 0.1) is 20.5 Å². The van der Waals surface area contributed by atoms with Crippen molar-refractivity contribution in [1.82, 2.24) is 0 Å². The standard InChI is InChI=1S/C16H13ClN2O7S/c1-10(20)18(13-5-8-16(15(17)9-13)26-11(2)21)27(24,25)14-6-3-12(4-7-14)19(22)23/h3-9H,1-2H3. The zero-order chi connectivity index (χ0) is 20.4. The number of halogens is 1. The van der Waals surface area contributed by atoms with Gasteiger partial charge in [-0.3, -0.25) is 19.7 Å². The lowest BCUT2D eigenvalue weighted by Crippen LogP contribution is -2.35. The molecule has 0 saturated carbocycles. The molecule has 0 fully saturated rings. The Hall–Kier alpha value is -2.98. The Morgan fingerprint density at radius 2 is 1.70 bits per heavy atom. The second kappa shape index (κ2) is 7.72. The van der Waals surface area contributed by atoms with Crippen molar-refractivity contribution in [3.8, 4) is 5.75 Å². The highest BCUT2D eigenvalue weighted by Crippen LogP contribution is 2.32. The number of hydrogen-bond donors (Lipinski definition) is 0. The van der Waals surface area contributed by atoms with Crippen LogP contribution < -0.4 is 9.04 Å². The third-order valence-corrected chi connectivity index (χ3v) is 5.39. The second-order valence-corrected chi connectivity index (χ2v) is 7.44. The number of ether oxygens (including phenoxy) is 1. The molecule has 0 aromatic heterocycles. The van der Waals surface area contributed by atoms with Gasteiger partial charge in [0, 0.05) is 26.0 Å². The molecule has 0 atom stereocenters. The van der Waals surface area contributed by atoms with Gasteiger partial charge >= 0.3 is 5.97 Å². The number of benzene rings is 2. The summed E-state index contributed by atoms with van der Waals surface area (Å²) in [4.78, 5) is 32.8. The van der Waals surface area contributed by atoms with Crippen molar-refractivity contribution < 1.29 is 27.7 Å². The topological polar surface area (TPSA) is 124 Å². The van der Waals surface area contributed by atoms with Crippen molar-refractivity contribution in [1.29, 1.82) is 0 Å². The van der Waals surface area contributed by atoms with Gasteiger partial charge in [-0.1, -0.05) is 11.6 Å².